The van der Waals surface area contributed by atoms with Crippen LogP contribution >= 0.6 is 0 Å². The molecule has 5 heteroatoms. The first-order chi connectivity index (χ1) is 11.5. The van der Waals surface area contributed by atoms with Gasteiger partial charge in [0.2, 0.25) is 10.0 Å². The van der Waals surface area contributed by atoms with Gasteiger partial charge in [-0.3, -0.25) is 0 Å². The Morgan fingerprint density at radius 1 is 1.00 bits per heavy atom. The summed E-state index contributed by atoms with van der Waals surface area (Å²) < 4.78 is 32.4. The van der Waals surface area contributed by atoms with Crippen molar-refractivity contribution in [3.63, 3.8) is 0 Å². The Morgan fingerprint density at radius 2 is 1.67 bits per heavy atom. The van der Waals surface area contributed by atoms with Crippen molar-refractivity contribution in [1.29, 1.82) is 0 Å². The van der Waals surface area contributed by atoms with Crippen molar-refractivity contribution in [3.8, 4) is 5.75 Å². The molecule has 0 atom stereocenters. The van der Waals surface area contributed by atoms with Crippen LogP contribution in [0, 0.1) is 6.92 Å². The number of hydrogen-bond acceptors (Lipinski definition) is 3. The van der Waals surface area contributed by atoms with Crippen LogP contribution in [0.3, 0.4) is 0 Å². The second kappa shape index (κ2) is 6.79. The van der Waals surface area contributed by atoms with E-state index in [0.717, 1.165) is 22.4 Å². The van der Waals surface area contributed by atoms with Crippen LogP contribution in [0.15, 0.2) is 59.5 Å². The first-order valence-corrected chi connectivity index (χ1v) is 9.35. The highest BCUT2D eigenvalue weighted by Crippen LogP contribution is 2.27. The molecular formula is C19H21NO3S. The van der Waals surface area contributed by atoms with Gasteiger partial charge < -0.3 is 4.74 Å². The van der Waals surface area contributed by atoms with Crippen LogP contribution in [0.25, 0.3) is 5.57 Å². The van der Waals surface area contributed by atoms with Crippen molar-refractivity contribution >= 4 is 15.6 Å². The van der Waals surface area contributed by atoms with Crippen LogP contribution in [0.5, 0.6) is 5.75 Å². The Labute approximate surface area is 143 Å². The molecule has 0 spiro atoms. The molecule has 3 rings (SSSR count). The average Bonchev–Trinajstić information content (AvgIpc) is 2.62. The minimum Gasteiger partial charge on any atom is -0.497 e. The van der Waals surface area contributed by atoms with E-state index in [4.69, 9.17) is 4.74 Å². The van der Waals surface area contributed by atoms with E-state index in [-0.39, 0.29) is 0 Å². The fraction of sp³-hybridized carbons (Fsp3) is 0.263. The van der Waals surface area contributed by atoms with Crippen molar-refractivity contribution in [1.82, 2.24) is 4.31 Å². The summed E-state index contributed by atoms with van der Waals surface area (Å²) in [4.78, 5) is 0.351. The van der Waals surface area contributed by atoms with Crippen LogP contribution < -0.4 is 4.74 Å². The van der Waals surface area contributed by atoms with Gasteiger partial charge in [-0.15, -0.1) is 0 Å². The van der Waals surface area contributed by atoms with Crippen LogP contribution in [-0.2, 0) is 10.0 Å². The highest BCUT2D eigenvalue weighted by molar-refractivity contribution is 7.89. The molecule has 126 valence electrons. The summed E-state index contributed by atoms with van der Waals surface area (Å²) in [6.45, 7) is 2.85. The zero-order valence-electron chi connectivity index (χ0n) is 13.9. The fourth-order valence-electron chi connectivity index (χ4n) is 2.80. The largest absolute Gasteiger partial charge is 0.497 e. The van der Waals surface area contributed by atoms with Gasteiger partial charge in [0.25, 0.3) is 0 Å². The summed E-state index contributed by atoms with van der Waals surface area (Å²) in [5.74, 6) is 0.791. The van der Waals surface area contributed by atoms with Gasteiger partial charge in [-0.2, -0.15) is 4.31 Å². The molecule has 0 amide bonds. The summed E-state index contributed by atoms with van der Waals surface area (Å²) in [6, 6.07) is 14.7. The van der Waals surface area contributed by atoms with E-state index < -0.39 is 10.0 Å². The van der Waals surface area contributed by atoms with Crippen LogP contribution in [0.4, 0.5) is 0 Å². The molecule has 0 bridgehead atoms. The van der Waals surface area contributed by atoms with Crippen molar-refractivity contribution in [2.75, 3.05) is 20.2 Å². The molecule has 1 aliphatic rings. The van der Waals surface area contributed by atoms with Gasteiger partial charge in [-0.25, -0.2) is 8.42 Å². The lowest BCUT2D eigenvalue weighted by atomic mass is 10.0. The van der Waals surface area contributed by atoms with E-state index in [9.17, 15) is 8.42 Å². The SMILES string of the molecule is COc1ccc(C2=CCCN(S(=O)(=O)c3ccc(C)cc3)C2)cc1. The summed E-state index contributed by atoms with van der Waals surface area (Å²) in [5.41, 5.74) is 3.10. The van der Waals surface area contributed by atoms with Gasteiger partial charge in [-0.1, -0.05) is 35.9 Å². The molecule has 2 aromatic carbocycles. The molecular weight excluding hydrogens is 322 g/mol. The van der Waals surface area contributed by atoms with Gasteiger partial charge in [-0.05, 0) is 48.7 Å². The third-order valence-electron chi connectivity index (χ3n) is 4.24. The standard InChI is InChI=1S/C19H21NO3S/c1-15-5-11-19(12-6-15)24(21,22)20-13-3-4-17(14-20)16-7-9-18(23-2)10-8-16/h4-12H,3,13-14H2,1-2H3. The van der Waals surface area contributed by atoms with E-state index in [1.165, 1.54) is 0 Å². The molecule has 0 aromatic heterocycles. The molecule has 0 saturated carbocycles. The minimum absolute atomic E-state index is 0.351. The van der Waals surface area contributed by atoms with E-state index in [1.54, 1.807) is 23.5 Å². The normalized spacial score (nSPS) is 15.8. The number of nitrogens with zero attached hydrogens (tertiary/aromatic N) is 1. The van der Waals surface area contributed by atoms with Gasteiger partial charge in [0.1, 0.15) is 5.75 Å². The number of rotatable bonds is 4. The molecule has 4 nitrogen and oxygen atoms in total. The van der Waals surface area contributed by atoms with E-state index in [2.05, 4.69) is 6.08 Å². The molecule has 0 aliphatic carbocycles. The number of hydrogen-bond donors (Lipinski definition) is 0. The summed E-state index contributed by atoms with van der Waals surface area (Å²) in [5, 5.41) is 0. The smallest absolute Gasteiger partial charge is 0.243 e. The highest BCUT2D eigenvalue weighted by Gasteiger charge is 2.27. The Hall–Kier alpha value is -2.11. The first kappa shape index (κ1) is 16.7. The number of methoxy groups -OCH3 is 1. The van der Waals surface area contributed by atoms with Gasteiger partial charge >= 0.3 is 0 Å². The van der Waals surface area contributed by atoms with Crippen molar-refractivity contribution in [2.45, 2.75) is 18.2 Å². The number of ether oxygens (including phenoxy) is 1. The van der Waals surface area contributed by atoms with Crippen LogP contribution in [-0.4, -0.2) is 32.9 Å². The summed E-state index contributed by atoms with van der Waals surface area (Å²) >= 11 is 0. The Kier molecular flexibility index (Phi) is 4.73. The second-order valence-corrected chi connectivity index (χ2v) is 7.84. The highest BCUT2D eigenvalue weighted by atomic mass is 32.2. The maximum atomic E-state index is 12.9. The van der Waals surface area contributed by atoms with E-state index in [0.29, 0.717) is 24.4 Å². The molecule has 0 radical (unpaired) electrons. The lowest BCUT2D eigenvalue weighted by Crippen LogP contribution is -2.35. The van der Waals surface area contributed by atoms with Gasteiger partial charge in [0.15, 0.2) is 0 Å². The number of benzene rings is 2. The Bertz CT molecular complexity index is 837. The lowest BCUT2D eigenvalue weighted by molar-refractivity contribution is 0.414. The third kappa shape index (κ3) is 3.37. The van der Waals surface area contributed by atoms with Crippen LogP contribution in [0.1, 0.15) is 17.5 Å². The van der Waals surface area contributed by atoms with Crippen LogP contribution in [0.2, 0.25) is 0 Å². The first-order valence-electron chi connectivity index (χ1n) is 7.91. The minimum atomic E-state index is -3.46. The maximum Gasteiger partial charge on any atom is 0.243 e. The molecule has 0 N–H and O–H groups in total. The molecule has 0 saturated heterocycles. The maximum absolute atomic E-state index is 12.9. The van der Waals surface area contributed by atoms with Gasteiger partial charge in [0.05, 0.1) is 12.0 Å². The zero-order valence-corrected chi connectivity index (χ0v) is 14.7. The molecule has 1 aliphatic heterocycles. The Balaban J connectivity index is 1.83. The molecule has 24 heavy (non-hydrogen) atoms. The second-order valence-electron chi connectivity index (χ2n) is 5.90. The van der Waals surface area contributed by atoms with E-state index in [1.807, 2.05) is 43.3 Å². The lowest BCUT2D eigenvalue weighted by Gasteiger charge is -2.27. The molecule has 0 fully saturated rings. The topological polar surface area (TPSA) is 46.6 Å². The quantitative estimate of drug-likeness (QED) is 0.854. The molecule has 2 aromatic rings. The summed E-state index contributed by atoms with van der Waals surface area (Å²) in [7, 11) is -1.83. The molecule has 1 heterocycles. The van der Waals surface area contributed by atoms with Crippen molar-refractivity contribution < 1.29 is 13.2 Å². The average molecular weight is 343 g/mol. The van der Waals surface area contributed by atoms with Crippen molar-refractivity contribution in [3.05, 3.63) is 65.7 Å². The van der Waals surface area contributed by atoms with Crippen molar-refractivity contribution in [2.24, 2.45) is 0 Å². The monoisotopic (exact) mass is 343 g/mol. The van der Waals surface area contributed by atoms with E-state index >= 15 is 0 Å². The summed E-state index contributed by atoms with van der Waals surface area (Å²) in [6.07, 6.45) is 2.83. The van der Waals surface area contributed by atoms with Gasteiger partial charge in [0, 0.05) is 13.1 Å². The predicted octanol–water partition coefficient (Wildman–Crippen LogP) is 3.48. The number of aryl methyl sites for hydroxylation is 1. The molecule has 0 unspecified atom stereocenters. The third-order valence-corrected chi connectivity index (χ3v) is 6.09. The number of sulfonamides is 1. The zero-order chi connectivity index (χ0) is 17.2. The fourth-order valence-corrected chi connectivity index (χ4v) is 4.23. The Morgan fingerprint density at radius 3 is 2.29 bits per heavy atom. The predicted molar refractivity (Wildman–Crippen MR) is 95.5 cm³/mol.